The maximum absolute atomic E-state index is 11.8. The van der Waals surface area contributed by atoms with Crippen molar-refractivity contribution in [2.24, 2.45) is 5.92 Å². The van der Waals surface area contributed by atoms with Gasteiger partial charge in [0.15, 0.2) is 0 Å². The fourth-order valence-electron chi connectivity index (χ4n) is 2.69. The third-order valence-corrected chi connectivity index (χ3v) is 3.84. The number of hydrogen-bond donors (Lipinski definition) is 2. The van der Waals surface area contributed by atoms with Crippen molar-refractivity contribution in [1.82, 2.24) is 10.2 Å². The predicted octanol–water partition coefficient (Wildman–Crippen LogP) is 1.77. The molecule has 1 amide bonds. The highest BCUT2D eigenvalue weighted by molar-refractivity contribution is 5.78. The van der Waals surface area contributed by atoms with Gasteiger partial charge in [0.05, 0.1) is 12.6 Å². The SMILES string of the molecule is CCCCCC(C)NC(=O)CN(C)CC1CC(O)C1. The lowest BCUT2D eigenvalue weighted by Crippen LogP contribution is -2.43. The van der Waals surface area contributed by atoms with Crippen molar-refractivity contribution in [1.29, 1.82) is 0 Å². The molecule has 0 aromatic carbocycles. The number of carbonyl (C=O) groups excluding carboxylic acids is 1. The van der Waals surface area contributed by atoms with Crippen LogP contribution in [-0.2, 0) is 4.79 Å². The summed E-state index contributed by atoms with van der Waals surface area (Å²) < 4.78 is 0. The highest BCUT2D eigenvalue weighted by atomic mass is 16.3. The van der Waals surface area contributed by atoms with Crippen molar-refractivity contribution < 1.29 is 9.90 Å². The molecule has 0 aromatic rings. The molecular weight excluding hydrogens is 240 g/mol. The third-order valence-electron chi connectivity index (χ3n) is 3.84. The zero-order valence-electron chi connectivity index (χ0n) is 12.7. The van der Waals surface area contributed by atoms with Gasteiger partial charge in [0.1, 0.15) is 0 Å². The topological polar surface area (TPSA) is 52.6 Å². The molecule has 0 aromatic heterocycles. The third kappa shape index (κ3) is 6.92. The van der Waals surface area contributed by atoms with Crippen LogP contribution in [0.5, 0.6) is 0 Å². The standard InChI is InChI=1S/C15H30N2O2/c1-4-5-6-7-12(2)16-15(19)11-17(3)10-13-8-14(18)9-13/h12-14,18H,4-11H2,1-3H3,(H,16,19). The van der Waals surface area contributed by atoms with Gasteiger partial charge in [-0.25, -0.2) is 0 Å². The number of amides is 1. The number of nitrogens with one attached hydrogen (secondary N) is 1. The summed E-state index contributed by atoms with van der Waals surface area (Å²) in [5.41, 5.74) is 0. The van der Waals surface area contributed by atoms with Crippen LogP contribution in [0.15, 0.2) is 0 Å². The molecule has 4 heteroatoms. The molecule has 0 bridgehead atoms. The maximum Gasteiger partial charge on any atom is 0.234 e. The average molecular weight is 270 g/mol. The van der Waals surface area contributed by atoms with E-state index in [1.54, 1.807) is 0 Å². The van der Waals surface area contributed by atoms with Crippen LogP contribution >= 0.6 is 0 Å². The lowest BCUT2D eigenvalue weighted by molar-refractivity contribution is -0.122. The van der Waals surface area contributed by atoms with E-state index < -0.39 is 0 Å². The summed E-state index contributed by atoms with van der Waals surface area (Å²) in [6, 6.07) is 0.276. The summed E-state index contributed by atoms with van der Waals surface area (Å²) in [6.45, 7) is 5.64. The van der Waals surface area contributed by atoms with Crippen molar-refractivity contribution >= 4 is 5.91 Å². The second-order valence-corrected chi connectivity index (χ2v) is 6.15. The van der Waals surface area contributed by atoms with Gasteiger partial charge < -0.3 is 10.4 Å². The van der Waals surface area contributed by atoms with E-state index in [9.17, 15) is 9.90 Å². The number of nitrogens with zero attached hydrogens (tertiary/aromatic N) is 1. The zero-order chi connectivity index (χ0) is 14.3. The van der Waals surface area contributed by atoms with Crippen molar-refractivity contribution in [3.05, 3.63) is 0 Å². The van der Waals surface area contributed by atoms with E-state index in [4.69, 9.17) is 0 Å². The van der Waals surface area contributed by atoms with Crippen LogP contribution in [0, 0.1) is 5.92 Å². The lowest BCUT2D eigenvalue weighted by atomic mass is 9.82. The Morgan fingerprint density at radius 3 is 2.68 bits per heavy atom. The molecule has 1 aliphatic rings. The molecule has 1 fully saturated rings. The molecular formula is C15H30N2O2. The quantitative estimate of drug-likeness (QED) is 0.628. The normalized spacial score (nSPS) is 24.1. The molecule has 1 aliphatic carbocycles. The Balaban J connectivity index is 2.08. The molecule has 0 spiro atoms. The Hall–Kier alpha value is -0.610. The molecule has 19 heavy (non-hydrogen) atoms. The fraction of sp³-hybridized carbons (Fsp3) is 0.933. The second-order valence-electron chi connectivity index (χ2n) is 6.15. The van der Waals surface area contributed by atoms with E-state index >= 15 is 0 Å². The Bertz CT molecular complexity index is 265. The number of aliphatic hydroxyl groups is 1. The molecule has 0 aliphatic heterocycles. The van der Waals surface area contributed by atoms with Crippen molar-refractivity contribution in [3.8, 4) is 0 Å². The molecule has 112 valence electrons. The van der Waals surface area contributed by atoms with E-state index in [0.29, 0.717) is 12.5 Å². The molecule has 1 rings (SSSR count). The number of unbranched alkanes of at least 4 members (excludes halogenated alkanes) is 2. The summed E-state index contributed by atoms with van der Waals surface area (Å²) >= 11 is 0. The summed E-state index contributed by atoms with van der Waals surface area (Å²) in [6.07, 6.45) is 6.39. The first-order chi connectivity index (χ1) is 9.01. The molecule has 0 radical (unpaired) electrons. The van der Waals surface area contributed by atoms with Crippen LogP contribution in [0.3, 0.4) is 0 Å². The number of rotatable bonds is 9. The first-order valence-corrected chi connectivity index (χ1v) is 7.67. The van der Waals surface area contributed by atoms with Gasteiger partial charge in [-0.05, 0) is 39.2 Å². The van der Waals surface area contributed by atoms with Crippen LogP contribution in [0.1, 0.15) is 52.4 Å². The highest BCUT2D eigenvalue weighted by Gasteiger charge is 2.28. The second kappa shape index (κ2) is 8.54. The molecule has 1 unspecified atom stereocenters. The van der Waals surface area contributed by atoms with Gasteiger partial charge in [-0.1, -0.05) is 26.2 Å². The number of aliphatic hydroxyl groups excluding tert-OH is 1. The van der Waals surface area contributed by atoms with Crippen LogP contribution < -0.4 is 5.32 Å². The van der Waals surface area contributed by atoms with Gasteiger partial charge >= 0.3 is 0 Å². The fourth-order valence-corrected chi connectivity index (χ4v) is 2.69. The van der Waals surface area contributed by atoms with Gasteiger partial charge in [0.25, 0.3) is 0 Å². The minimum absolute atomic E-state index is 0.106. The zero-order valence-corrected chi connectivity index (χ0v) is 12.7. The van der Waals surface area contributed by atoms with Crippen LogP contribution in [-0.4, -0.2) is 48.2 Å². The maximum atomic E-state index is 11.8. The minimum Gasteiger partial charge on any atom is -0.393 e. The van der Waals surface area contributed by atoms with Crippen LogP contribution in [0.2, 0.25) is 0 Å². The Labute approximate surface area is 117 Å². The number of carbonyl (C=O) groups is 1. The van der Waals surface area contributed by atoms with Gasteiger partial charge in [-0.15, -0.1) is 0 Å². The lowest BCUT2D eigenvalue weighted by Gasteiger charge is -2.34. The van der Waals surface area contributed by atoms with E-state index in [1.165, 1.54) is 19.3 Å². The highest BCUT2D eigenvalue weighted by Crippen LogP contribution is 2.27. The van der Waals surface area contributed by atoms with Crippen LogP contribution in [0.4, 0.5) is 0 Å². The smallest absolute Gasteiger partial charge is 0.234 e. The predicted molar refractivity (Wildman–Crippen MR) is 78.0 cm³/mol. The molecule has 2 N–H and O–H groups in total. The Morgan fingerprint density at radius 2 is 2.11 bits per heavy atom. The summed E-state index contributed by atoms with van der Waals surface area (Å²) in [7, 11) is 1.98. The van der Waals surface area contributed by atoms with E-state index in [2.05, 4.69) is 24.1 Å². The van der Waals surface area contributed by atoms with E-state index in [0.717, 1.165) is 25.8 Å². The first-order valence-electron chi connectivity index (χ1n) is 7.67. The molecule has 4 nitrogen and oxygen atoms in total. The monoisotopic (exact) mass is 270 g/mol. The number of hydrogen-bond acceptors (Lipinski definition) is 3. The van der Waals surface area contributed by atoms with E-state index in [1.807, 2.05) is 7.05 Å². The average Bonchev–Trinajstić information content (AvgIpc) is 2.26. The van der Waals surface area contributed by atoms with Crippen molar-refractivity contribution in [2.75, 3.05) is 20.1 Å². The summed E-state index contributed by atoms with van der Waals surface area (Å²) in [5, 5.41) is 12.3. The largest absolute Gasteiger partial charge is 0.393 e. The summed E-state index contributed by atoms with van der Waals surface area (Å²) in [4.78, 5) is 13.9. The first kappa shape index (κ1) is 16.4. The molecule has 1 atom stereocenters. The number of likely N-dealkylation sites (N-methyl/N-ethyl adjacent to an activating group) is 1. The van der Waals surface area contributed by atoms with Gasteiger partial charge in [0, 0.05) is 12.6 Å². The summed E-state index contributed by atoms with van der Waals surface area (Å²) in [5.74, 6) is 0.682. The van der Waals surface area contributed by atoms with Gasteiger partial charge in [-0.3, -0.25) is 9.69 Å². The van der Waals surface area contributed by atoms with E-state index in [-0.39, 0.29) is 18.1 Å². The molecule has 0 heterocycles. The molecule has 1 saturated carbocycles. The Kier molecular flexibility index (Phi) is 7.39. The Morgan fingerprint density at radius 1 is 1.42 bits per heavy atom. The van der Waals surface area contributed by atoms with Crippen molar-refractivity contribution in [3.63, 3.8) is 0 Å². The molecule has 0 saturated heterocycles. The van der Waals surface area contributed by atoms with Gasteiger partial charge in [-0.2, -0.15) is 0 Å². The minimum atomic E-state index is -0.106. The van der Waals surface area contributed by atoms with Crippen molar-refractivity contribution in [2.45, 2.75) is 64.5 Å². The van der Waals surface area contributed by atoms with Crippen LogP contribution in [0.25, 0.3) is 0 Å². The van der Waals surface area contributed by atoms with Gasteiger partial charge in [0.2, 0.25) is 5.91 Å².